The topological polar surface area (TPSA) is 92.7 Å². The Morgan fingerprint density at radius 2 is 1.79 bits per heavy atom. The minimum atomic E-state index is -3.60. The van der Waals surface area contributed by atoms with Gasteiger partial charge in [-0.25, -0.2) is 13.1 Å². The standard InChI is InChI=1S/C17H25NO5S/c1-12(2)11-23-15-7-9-16(10-8-15)24(21,22)18-14-5-3-13(4-6-14)17(19)20/h7-10,12-14,18H,3-6,11H2,1-2H3,(H,19,20). The van der Waals surface area contributed by atoms with Crippen LogP contribution in [0.5, 0.6) is 5.75 Å². The number of carboxylic acid groups (broad SMARTS) is 1. The quantitative estimate of drug-likeness (QED) is 0.784. The van der Waals surface area contributed by atoms with Crippen molar-refractivity contribution in [3.05, 3.63) is 24.3 Å². The third-order valence-electron chi connectivity index (χ3n) is 4.12. The molecule has 0 spiro atoms. The SMILES string of the molecule is CC(C)COc1ccc(S(=O)(=O)NC2CCC(C(=O)O)CC2)cc1. The lowest BCUT2D eigenvalue weighted by Gasteiger charge is -2.26. The van der Waals surface area contributed by atoms with Crippen molar-refractivity contribution in [2.75, 3.05) is 6.61 Å². The van der Waals surface area contributed by atoms with Crippen molar-refractivity contribution >= 4 is 16.0 Å². The molecule has 0 unspecified atom stereocenters. The number of aliphatic carboxylic acids is 1. The first-order valence-corrected chi connectivity index (χ1v) is 9.74. The predicted molar refractivity (Wildman–Crippen MR) is 90.5 cm³/mol. The second-order valence-electron chi connectivity index (χ2n) is 6.68. The molecule has 0 bridgehead atoms. The zero-order valence-electron chi connectivity index (χ0n) is 14.1. The third kappa shape index (κ3) is 5.21. The Hall–Kier alpha value is -1.60. The van der Waals surface area contributed by atoms with Crippen molar-refractivity contribution < 1.29 is 23.1 Å². The molecule has 1 aromatic carbocycles. The van der Waals surface area contributed by atoms with Gasteiger partial charge in [-0.15, -0.1) is 0 Å². The van der Waals surface area contributed by atoms with Crippen LogP contribution in [0.2, 0.25) is 0 Å². The number of hydrogen-bond acceptors (Lipinski definition) is 4. The highest BCUT2D eigenvalue weighted by molar-refractivity contribution is 7.89. The second-order valence-corrected chi connectivity index (χ2v) is 8.40. The van der Waals surface area contributed by atoms with Crippen LogP contribution in [0.4, 0.5) is 0 Å². The number of nitrogens with one attached hydrogen (secondary N) is 1. The predicted octanol–water partition coefficient (Wildman–Crippen LogP) is 2.64. The molecule has 2 rings (SSSR count). The number of benzene rings is 1. The van der Waals surface area contributed by atoms with Gasteiger partial charge >= 0.3 is 5.97 Å². The number of ether oxygens (including phenoxy) is 1. The summed E-state index contributed by atoms with van der Waals surface area (Å²) in [4.78, 5) is 11.1. The molecule has 0 aliphatic heterocycles. The van der Waals surface area contributed by atoms with Crippen molar-refractivity contribution in [1.82, 2.24) is 4.72 Å². The molecule has 0 saturated heterocycles. The van der Waals surface area contributed by atoms with E-state index in [1.54, 1.807) is 12.1 Å². The van der Waals surface area contributed by atoms with Crippen LogP contribution in [0, 0.1) is 11.8 Å². The van der Waals surface area contributed by atoms with E-state index in [1.165, 1.54) is 12.1 Å². The molecule has 1 aromatic rings. The first-order valence-electron chi connectivity index (χ1n) is 8.26. The Morgan fingerprint density at radius 3 is 2.29 bits per heavy atom. The molecular formula is C17H25NO5S. The van der Waals surface area contributed by atoms with Gasteiger partial charge in [0.1, 0.15) is 5.75 Å². The Bertz CT molecular complexity index is 646. The summed E-state index contributed by atoms with van der Waals surface area (Å²) in [5, 5.41) is 8.99. The highest BCUT2D eigenvalue weighted by atomic mass is 32.2. The monoisotopic (exact) mass is 355 g/mol. The van der Waals surface area contributed by atoms with E-state index in [9.17, 15) is 13.2 Å². The third-order valence-corrected chi connectivity index (χ3v) is 5.65. The summed E-state index contributed by atoms with van der Waals surface area (Å²) in [6.07, 6.45) is 2.10. The molecule has 24 heavy (non-hydrogen) atoms. The van der Waals surface area contributed by atoms with E-state index in [2.05, 4.69) is 4.72 Å². The molecule has 0 heterocycles. The molecule has 1 saturated carbocycles. The largest absolute Gasteiger partial charge is 0.493 e. The van der Waals surface area contributed by atoms with Gasteiger partial charge in [-0.1, -0.05) is 13.8 Å². The molecular weight excluding hydrogens is 330 g/mol. The van der Waals surface area contributed by atoms with Crippen LogP contribution < -0.4 is 9.46 Å². The van der Waals surface area contributed by atoms with Crippen molar-refractivity contribution in [2.24, 2.45) is 11.8 Å². The molecule has 134 valence electrons. The van der Waals surface area contributed by atoms with E-state index in [1.807, 2.05) is 13.8 Å². The van der Waals surface area contributed by atoms with Crippen LogP contribution in [-0.2, 0) is 14.8 Å². The Kier molecular flexibility index (Phi) is 6.23. The molecule has 0 amide bonds. The molecule has 6 nitrogen and oxygen atoms in total. The van der Waals surface area contributed by atoms with Gasteiger partial charge in [0.05, 0.1) is 17.4 Å². The molecule has 1 aliphatic carbocycles. The van der Waals surface area contributed by atoms with Crippen LogP contribution >= 0.6 is 0 Å². The van der Waals surface area contributed by atoms with E-state index < -0.39 is 16.0 Å². The average Bonchev–Trinajstić information content (AvgIpc) is 2.53. The van der Waals surface area contributed by atoms with Crippen molar-refractivity contribution in [3.8, 4) is 5.75 Å². The van der Waals surface area contributed by atoms with E-state index in [0.717, 1.165) is 0 Å². The van der Waals surface area contributed by atoms with Crippen molar-refractivity contribution in [2.45, 2.75) is 50.5 Å². The number of hydrogen-bond donors (Lipinski definition) is 2. The zero-order valence-corrected chi connectivity index (χ0v) is 14.9. The fraction of sp³-hybridized carbons (Fsp3) is 0.588. The lowest BCUT2D eigenvalue weighted by molar-refractivity contribution is -0.142. The molecule has 1 fully saturated rings. The molecule has 0 atom stereocenters. The number of sulfonamides is 1. The maximum Gasteiger partial charge on any atom is 0.306 e. The lowest BCUT2D eigenvalue weighted by atomic mass is 9.87. The summed E-state index contributed by atoms with van der Waals surface area (Å²) < 4.78 is 33.1. The van der Waals surface area contributed by atoms with Gasteiger partial charge in [0.15, 0.2) is 0 Å². The highest BCUT2D eigenvalue weighted by Gasteiger charge is 2.28. The van der Waals surface area contributed by atoms with Crippen LogP contribution in [0.15, 0.2) is 29.2 Å². The van der Waals surface area contributed by atoms with Gasteiger partial charge in [0.2, 0.25) is 10.0 Å². The van der Waals surface area contributed by atoms with Gasteiger partial charge in [0.25, 0.3) is 0 Å². The van der Waals surface area contributed by atoms with Gasteiger partial charge in [0, 0.05) is 6.04 Å². The molecule has 0 aromatic heterocycles. The fourth-order valence-electron chi connectivity index (χ4n) is 2.72. The van der Waals surface area contributed by atoms with Crippen LogP contribution in [0.1, 0.15) is 39.5 Å². The van der Waals surface area contributed by atoms with Gasteiger partial charge in [-0.3, -0.25) is 4.79 Å². The van der Waals surface area contributed by atoms with Gasteiger partial charge in [-0.2, -0.15) is 0 Å². The minimum absolute atomic E-state index is 0.194. The van der Waals surface area contributed by atoms with Crippen LogP contribution in [-0.4, -0.2) is 32.1 Å². The second kappa shape index (κ2) is 7.98. The van der Waals surface area contributed by atoms with E-state index in [0.29, 0.717) is 44.0 Å². The smallest absolute Gasteiger partial charge is 0.306 e. The summed E-state index contributed by atoms with van der Waals surface area (Å²) in [5.74, 6) is -0.114. The molecule has 2 N–H and O–H groups in total. The van der Waals surface area contributed by atoms with E-state index >= 15 is 0 Å². The fourth-order valence-corrected chi connectivity index (χ4v) is 4.03. The molecule has 1 aliphatic rings. The average molecular weight is 355 g/mol. The van der Waals surface area contributed by atoms with E-state index in [-0.39, 0.29) is 16.9 Å². The highest BCUT2D eigenvalue weighted by Crippen LogP contribution is 2.26. The van der Waals surface area contributed by atoms with Gasteiger partial charge in [-0.05, 0) is 55.9 Å². The molecule has 0 radical (unpaired) electrons. The van der Waals surface area contributed by atoms with Crippen LogP contribution in [0.3, 0.4) is 0 Å². The summed E-state index contributed by atoms with van der Waals surface area (Å²) in [7, 11) is -3.60. The van der Waals surface area contributed by atoms with Crippen molar-refractivity contribution in [1.29, 1.82) is 0 Å². The summed E-state index contributed by atoms with van der Waals surface area (Å²) in [6, 6.07) is 6.15. The number of carbonyl (C=O) groups is 1. The summed E-state index contributed by atoms with van der Waals surface area (Å²) in [6.45, 7) is 4.67. The first kappa shape index (κ1) is 18.7. The maximum absolute atomic E-state index is 12.4. The Morgan fingerprint density at radius 1 is 1.21 bits per heavy atom. The van der Waals surface area contributed by atoms with Gasteiger partial charge < -0.3 is 9.84 Å². The Balaban J connectivity index is 1.94. The van der Waals surface area contributed by atoms with Crippen molar-refractivity contribution in [3.63, 3.8) is 0 Å². The first-order chi connectivity index (χ1) is 11.3. The normalized spacial score (nSPS) is 21.6. The lowest BCUT2D eigenvalue weighted by Crippen LogP contribution is -2.38. The summed E-state index contributed by atoms with van der Waals surface area (Å²) >= 11 is 0. The van der Waals surface area contributed by atoms with E-state index in [4.69, 9.17) is 9.84 Å². The summed E-state index contributed by atoms with van der Waals surface area (Å²) in [5.41, 5.74) is 0. The molecule has 7 heteroatoms. The maximum atomic E-state index is 12.4. The zero-order chi connectivity index (χ0) is 17.7. The number of carboxylic acids is 1. The van der Waals surface area contributed by atoms with Crippen LogP contribution in [0.25, 0.3) is 0 Å². The Labute approximate surface area is 143 Å². The minimum Gasteiger partial charge on any atom is -0.493 e. The number of rotatable bonds is 7.